The molecule has 0 spiro atoms. The van der Waals surface area contributed by atoms with Gasteiger partial charge in [0.05, 0.1) is 0 Å². The molecule has 0 aromatic carbocycles. The summed E-state index contributed by atoms with van der Waals surface area (Å²) >= 11 is 0.835. The van der Waals surface area contributed by atoms with Crippen LogP contribution in [0.25, 0.3) is 0 Å². The predicted octanol–water partition coefficient (Wildman–Crippen LogP) is -0.0831. The summed E-state index contributed by atoms with van der Waals surface area (Å²) in [7, 11) is -3.72. The fraction of sp³-hybridized carbons (Fsp3) is 0.700. The van der Waals surface area contributed by atoms with Crippen molar-refractivity contribution in [3.63, 3.8) is 0 Å². The Bertz CT molecular complexity index is 592. The van der Waals surface area contributed by atoms with Crippen LogP contribution >= 0.6 is 11.3 Å². The Kier molecular flexibility index (Phi) is 4.37. The summed E-state index contributed by atoms with van der Waals surface area (Å²) in [6, 6.07) is 0. The van der Waals surface area contributed by atoms with Gasteiger partial charge < -0.3 is 10.6 Å². The quantitative estimate of drug-likeness (QED) is 0.669. The molecule has 1 aromatic heterocycles. The first-order chi connectivity index (χ1) is 9.31. The molecular weight excluding hydrogens is 302 g/mol. The highest BCUT2D eigenvalue weighted by Gasteiger charge is 2.33. The molecule has 1 aliphatic rings. The van der Waals surface area contributed by atoms with E-state index in [1.54, 1.807) is 0 Å². The van der Waals surface area contributed by atoms with Gasteiger partial charge in [-0.05, 0) is 32.9 Å². The van der Waals surface area contributed by atoms with Crippen molar-refractivity contribution in [2.75, 3.05) is 18.4 Å². The molecule has 0 atom stereocenters. The molecule has 2 rings (SSSR count). The van der Waals surface area contributed by atoms with Crippen molar-refractivity contribution in [3.05, 3.63) is 0 Å². The van der Waals surface area contributed by atoms with E-state index in [-0.39, 0.29) is 15.4 Å². The molecule has 0 radical (unpaired) electrons. The number of sulfonamides is 1. The van der Waals surface area contributed by atoms with Crippen LogP contribution in [0.5, 0.6) is 0 Å². The molecule has 1 saturated heterocycles. The van der Waals surface area contributed by atoms with Crippen LogP contribution in [0.4, 0.5) is 5.13 Å². The van der Waals surface area contributed by atoms with Gasteiger partial charge in [0.2, 0.25) is 15.4 Å². The highest BCUT2D eigenvalue weighted by atomic mass is 32.2. The minimum atomic E-state index is -3.72. The summed E-state index contributed by atoms with van der Waals surface area (Å²) < 4.78 is 27.1. The van der Waals surface area contributed by atoms with Gasteiger partial charge in [0.15, 0.2) is 0 Å². The average Bonchev–Trinajstić information content (AvgIpc) is 2.77. The molecule has 8 nitrogen and oxygen atoms in total. The molecule has 0 bridgehead atoms. The van der Waals surface area contributed by atoms with Gasteiger partial charge >= 0.3 is 0 Å². The number of rotatable bonds is 4. The van der Waals surface area contributed by atoms with Crippen LogP contribution in [0, 0.1) is 0 Å². The fourth-order valence-corrected chi connectivity index (χ4v) is 4.38. The summed E-state index contributed by atoms with van der Waals surface area (Å²) in [5.41, 5.74) is -0.482. The van der Waals surface area contributed by atoms with Gasteiger partial charge in [-0.25, -0.2) is 13.1 Å². The maximum Gasteiger partial charge on any atom is 0.270 e. The monoisotopic (exact) mass is 319 g/mol. The molecular formula is C10H17N5O3S2. The zero-order chi connectivity index (χ0) is 14.8. The molecule has 3 N–H and O–H groups in total. The molecule has 112 valence electrons. The Balaban J connectivity index is 2.13. The fourth-order valence-electron chi connectivity index (χ4n) is 1.97. The van der Waals surface area contributed by atoms with Gasteiger partial charge in [-0.2, -0.15) is 0 Å². The van der Waals surface area contributed by atoms with Crippen molar-refractivity contribution in [1.29, 1.82) is 0 Å². The maximum absolute atomic E-state index is 12.3. The number of hydrogen-bond acceptors (Lipinski definition) is 7. The highest BCUT2D eigenvalue weighted by Crippen LogP contribution is 2.24. The Hall–Kier alpha value is -1.10. The standard InChI is InChI=1S/C10H17N5O3S2/c1-7(16)12-8-13-14-9(19-8)20(17,18)15-10(2)3-5-11-6-4-10/h11,15H,3-6H2,1-2H3,(H,12,13,16). The van der Waals surface area contributed by atoms with Crippen molar-refractivity contribution in [1.82, 2.24) is 20.2 Å². The van der Waals surface area contributed by atoms with E-state index in [2.05, 4.69) is 25.6 Å². The second-order valence-electron chi connectivity index (χ2n) is 4.97. The van der Waals surface area contributed by atoms with E-state index in [0.29, 0.717) is 12.8 Å². The third-order valence-corrected chi connectivity index (χ3v) is 5.85. The number of nitrogens with zero attached hydrogens (tertiary/aromatic N) is 2. The SMILES string of the molecule is CC(=O)Nc1nnc(S(=O)(=O)NC2(C)CCNCC2)s1. The van der Waals surface area contributed by atoms with E-state index in [1.165, 1.54) is 6.92 Å². The number of carbonyl (C=O) groups excluding carboxylic acids is 1. The molecule has 1 aromatic rings. The predicted molar refractivity (Wildman–Crippen MR) is 75.0 cm³/mol. The number of nitrogens with one attached hydrogen (secondary N) is 3. The van der Waals surface area contributed by atoms with Crippen molar-refractivity contribution >= 4 is 32.4 Å². The third-order valence-electron chi connectivity index (χ3n) is 3.01. The minimum Gasteiger partial charge on any atom is -0.317 e. The molecule has 0 unspecified atom stereocenters. The second-order valence-corrected chi connectivity index (χ2v) is 7.80. The van der Waals surface area contributed by atoms with Crippen LogP contribution in [0.15, 0.2) is 4.34 Å². The van der Waals surface area contributed by atoms with Gasteiger partial charge in [-0.1, -0.05) is 11.3 Å². The summed E-state index contributed by atoms with van der Waals surface area (Å²) in [5, 5.41) is 13.0. The lowest BCUT2D eigenvalue weighted by Crippen LogP contribution is -2.52. The number of anilines is 1. The summed E-state index contributed by atoms with van der Waals surface area (Å²) in [6.07, 6.45) is 1.42. The largest absolute Gasteiger partial charge is 0.317 e. The smallest absolute Gasteiger partial charge is 0.270 e. The van der Waals surface area contributed by atoms with E-state index in [4.69, 9.17) is 0 Å². The Labute approximate surface area is 121 Å². The van der Waals surface area contributed by atoms with Gasteiger partial charge in [0, 0.05) is 12.5 Å². The van der Waals surface area contributed by atoms with Crippen LogP contribution in [0.1, 0.15) is 26.7 Å². The normalized spacial score (nSPS) is 18.7. The first kappa shape index (κ1) is 15.3. The van der Waals surface area contributed by atoms with E-state index in [9.17, 15) is 13.2 Å². The van der Waals surface area contributed by atoms with E-state index >= 15 is 0 Å². The zero-order valence-electron chi connectivity index (χ0n) is 11.3. The van der Waals surface area contributed by atoms with E-state index in [0.717, 1.165) is 24.4 Å². The van der Waals surface area contributed by atoms with Crippen LogP contribution in [-0.4, -0.2) is 43.2 Å². The van der Waals surface area contributed by atoms with Crippen molar-refractivity contribution in [2.45, 2.75) is 36.6 Å². The van der Waals surface area contributed by atoms with Crippen molar-refractivity contribution in [2.24, 2.45) is 0 Å². The first-order valence-electron chi connectivity index (χ1n) is 6.17. The lowest BCUT2D eigenvalue weighted by molar-refractivity contribution is -0.114. The molecule has 1 amide bonds. The minimum absolute atomic E-state index is 0.138. The van der Waals surface area contributed by atoms with Gasteiger partial charge in [-0.15, -0.1) is 10.2 Å². The average molecular weight is 319 g/mol. The van der Waals surface area contributed by atoms with E-state index in [1.807, 2.05) is 6.92 Å². The molecule has 0 saturated carbocycles. The number of hydrogen-bond donors (Lipinski definition) is 3. The van der Waals surface area contributed by atoms with Crippen LogP contribution in [0.3, 0.4) is 0 Å². The molecule has 10 heteroatoms. The number of amides is 1. The number of aromatic nitrogens is 2. The summed E-state index contributed by atoms with van der Waals surface area (Å²) in [4.78, 5) is 10.9. The first-order valence-corrected chi connectivity index (χ1v) is 8.47. The summed E-state index contributed by atoms with van der Waals surface area (Å²) in [5.74, 6) is -0.316. The van der Waals surface area contributed by atoms with Gasteiger partial charge in [0.1, 0.15) is 0 Å². The van der Waals surface area contributed by atoms with Crippen LogP contribution in [0.2, 0.25) is 0 Å². The van der Waals surface area contributed by atoms with Gasteiger partial charge in [-0.3, -0.25) is 4.79 Å². The Morgan fingerprint density at radius 3 is 2.60 bits per heavy atom. The molecule has 1 fully saturated rings. The topological polar surface area (TPSA) is 113 Å². The lowest BCUT2D eigenvalue weighted by Gasteiger charge is -2.34. The van der Waals surface area contributed by atoms with Crippen molar-refractivity contribution in [3.8, 4) is 0 Å². The second kappa shape index (κ2) is 5.72. The van der Waals surface area contributed by atoms with E-state index < -0.39 is 15.6 Å². The molecule has 0 aliphatic carbocycles. The number of carbonyl (C=O) groups is 1. The maximum atomic E-state index is 12.3. The lowest BCUT2D eigenvalue weighted by atomic mass is 9.92. The van der Waals surface area contributed by atoms with Crippen molar-refractivity contribution < 1.29 is 13.2 Å². The third kappa shape index (κ3) is 3.72. The van der Waals surface area contributed by atoms with Gasteiger partial charge in [0.25, 0.3) is 10.0 Å². The van der Waals surface area contributed by atoms with Crippen LogP contribution < -0.4 is 15.4 Å². The number of piperidine rings is 1. The Morgan fingerprint density at radius 1 is 1.35 bits per heavy atom. The molecule has 2 heterocycles. The summed E-state index contributed by atoms with van der Waals surface area (Å²) in [6.45, 7) is 4.74. The Morgan fingerprint density at radius 2 is 2.00 bits per heavy atom. The van der Waals surface area contributed by atoms with Crippen LogP contribution in [-0.2, 0) is 14.8 Å². The molecule has 1 aliphatic heterocycles. The zero-order valence-corrected chi connectivity index (χ0v) is 12.9. The highest BCUT2D eigenvalue weighted by molar-refractivity contribution is 7.91. The molecule has 20 heavy (non-hydrogen) atoms.